The van der Waals surface area contributed by atoms with Crippen LogP contribution in [0.1, 0.15) is 45.4 Å². The van der Waals surface area contributed by atoms with E-state index >= 15 is 0 Å². The van der Waals surface area contributed by atoms with E-state index < -0.39 is 0 Å². The zero-order valence-electron chi connectivity index (χ0n) is 10.9. The van der Waals surface area contributed by atoms with Gasteiger partial charge in [0.25, 0.3) is 0 Å². The third kappa shape index (κ3) is 5.91. The minimum absolute atomic E-state index is 0.264. The normalized spacial score (nSPS) is 24.4. The molecule has 0 radical (unpaired) electrons. The highest BCUT2D eigenvalue weighted by Crippen LogP contribution is 2.27. The van der Waals surface area contributed by atoms with Gasteiger partial charge < -0.3 is 15.8 Å². The maximum absolute atomic E-state index is 11.3. The van der Waals surface area contributed by atoms with Crippen LogP contribution >= 0.6 is 0 Å². The number of nitrogens with two attached hydrogens (primary N) is 1. The van der Waals surface area contributed by atoms with Crippen LogP contribution in [0.4, 0.5) is 4.79 Å². The Labute approximate surface area is 104 Å². The van der Waals surface area contributed by atoms with Crippen LogP contribution in [-0.4, -0.2) is 25.8 Å². The largest absolute Gasteiger partial charge is 0.450 e. The van der Waals surface area contributed by atoms with Gasteiger partial charge >= 0.3 is 6.09 Å². The Balaban J connectivity index is 2.04. The van der Waals surface area contributed by atoms with Gasteiger partial charge in [-0.25, -0.2) is 4.79 Å². The molecule has 0 aromatic carbocycles. The van der Waals surface area contributed by atoms with Gasteiger partial charge in [-0.3, -0.25) is 0 Å². The molecule has 0 heterocycles. The van der Waals surface area contributed by atoms with E-state index in [0.29, 0.717) is 18.4 Å². The SMILES string of the molecule is CCCCOC(=O)NCC1CCC(CN)CC1. The summed E-state index contributed by atoms with van der Waals surface area (Å²) in [6.07, 6.45) is 6.49. The van der Waals surface area contributed by atoms with Crippen LogP contribution in [0, 0.1) is 11.8 Å². The van der Waals surface area contributed by atoms with Gasteiger partial charge in [-0.1, -0.05) is 13.3 Å². The number of alkyl carbamates (subject to hydrolysis) is 1. The fourth-order valence-electron chi connectivity index (χ4n) is 2.26. The monoisotopic (exact) mass is 242 g/mol. The average Bonchev–Trinajstić information content (AvgIpc) is 2.37. The van der Waals surface area contributed by atoms with E-state index in [2.05, 4.69) is 12.2 Å². The Morgan fingerprint density at radius 1 is 1.29 bits per heavy atom. The number of ether oxygens (including phenoxy) is 1. The summed E-state index contributed by atoms with van der Waals surface area (Å²) in [6, 6.07) is 0. The van der Waals surface area contributed by atoms with E-state index in [1.807, 2.05) is 0 Å². The maximum Gasteiger partial charge on any atom is 0.407 e. The Morgan fingerprint density at radius 2 is 1.94 bits per heavy atom. The smallest absolute Gasteiger partial charge is 0.407 e. The topological polar surface area (TPSA) is 64.3 Å². The molecule has 1 rings (SSSR count). The lowest BCUT2D eigenvalue weighted by molar-refractivity contribution is 0.141. The molecule has 1 saturated carbocycles. The van der Waals surface area contributed by atoms with Gasteiger partial charge in [0.2, 0.25) is 0 Å². The number of amides is 1. The van der Waals surface area contributed by atoms with Crippen LogP contribution in [-0.2, 0) is 4.74 Å². The highest BCUT2D eigenvalue weighted by Gasteiger charge is 2.20. The van der Waals surface area contributed by atoms with E-state index in [9.17, 15) is 4.79 Å². The van der Waals surface area contributed by atoms with Crippen LogP contribution in [0.3, 0.4) is 0 Å². The molecule has 1 amide bonds. The van der Waals surface area contributed by atoms with Crippen molar-refractivity contribution in [3.63, 3.8) is 0 Å². The van der Waals surface area contributed by atoms with Gasteiger partial charge in [0, 0.05) is 6.54 Å². The number of unbranched alkanes of at least 4 members (excludes halogenated alkanes) is 1. The molecule has 1 aliphatic carbocycles. The van der Waals surface area contributed by atoms with Crippen molar-refractivity contribution in [2.24, 2.45) is 17.6 Å². The quantitative estimate of drug-likeness (QED) is 0.702. The Bertz CT molecular complexity index is 213. The summed E-state index contributed by atoms with van der Waals surface area (Å²) in [5.41, 5.74) is 5.65. The van der Waals surface area contributed by atoms with E-state index in [1.54, 1.807) is 0 Å². The Morgan fingerprint density at radius 3 is 2.53 bits per heavy atom. The molecule has 0 aromatic heterocycles. The number of carbonyl (C=O) groups excluding carboxylic acids is 1. The van der Waals surface area contributed by atoms with Gasteiger partial charge in [-0.05, 0) is 50.5 Å². The first kappa shape index (κ1) is 14.3. The fourth-order valence-corrected chi connectivity index (χ4v) is 2.26. The molecule has 1 aliphatic rings. The molecule has 0 unspecified atom stereocenters. The molecular weight excluding hydrogens is 216 g/mol. The molecule has 0 aliphatic heterocycles. The molecule has 1 fully saturated rings. The summed E-state index contributed by atoms with van der Waals surface area (Å²) in [7, 11) is 0. The third-order valence-electron chi connectivity index (χ3n) is 3.57. The van der Waals surface area contributed by atoms with E-state index in [-0.39, 0.29) is 6.09 Å². The van der Waals surface area contributed by atoms with Crippen molar-refractivity contribution in [2.75, 3.05) is 19.7 Å². The van der Waals surface area contributed by atoms with Crippen LogP contribution in [0.5, 0.6) is 0 Å². The van der Waals surface area contributed by atoms with Crippen molar-refractivity contribution in [3.05, 3.63) is 0 Å². The molecule has 0 saturated heterocycles. The van der Waals surface area contributed by atoms with Crippen LogP contribution in [0.15, 0.2) is 0 Å². The number of nitrogens with one attached hydrogen (secondary N) is 1. The van der Waals surface area contributed by atoms with Crippen LogP contribution in [0.25, 0.3) is 0 Å². The van der Waals surface area contributed by atoms with Gasteiger partial charge in [0.15, 0.2) is 0 Å². The predicted molar refractivity (Wildman–Crippen MR) is 68.8 cm³/mol. The van der Waals surface area contributed by atoms with Crippen molar-refractivity contribution in [3.8, 4) is 0 Å². The second-order valence-corrected chi connectivity index (χ2v) is 4.99. The number of carbonyl (C=O) groups is 1. The van der Waals surface area contributed by atoms with Gasteiger partial charge in [-0.15, -0.1) is 0 Å². The highest BCUT2D eigenvalue weighted by molar-refractivity contribution is 5.67. The highest BCUT2D eigenvalue weighted by atomic mass is 16.5. The Kier molecular flexibility index (Phi) is 7.01. The van der Waals surface area contributed by atoms with Crippen molar-refractivity contribution >= 4 is 6.09 Å². The lowest BCUT2D eigenvalue weighted by Crippen LogP contribution is -2.32. The first-order chi connectivity index (χ1) is 8.26. The van der Waals surface area contributed by atoms with Gasteiger partial charge in [0.1, 0.15) is 0 Å². The minimum Gasteiger partial charge on any atom is -0.450 e. The maximum atomic E-state index is 11.3. The average molecular weight is 242 g/mol. The van der Waals surface area contributed by atoms with Crippen LogP contribution < -0.4 is 11.1 Å². The number of hydrogen-bond donors (Lipinski definition) is 2. The lowest BCUT2D eigenvalue weighted by Gasteiger charge is -2.27. The molecule has 0 spiro atoms. The summed E-state index contributed by atoms with van der Waals surface area (Å²) in [4.78, 5) is 11.3. The molecule has 0 aromatic rings. The second-order valence-electron chi connectivity index (χ2n) is 4.99. The summed E-state index contributed by atoms with van der Waals surface area (Å²) in [5, 5.41) is 2.85. The fraction of sp³-hybridized carbons (Fsp3) is 0.923. The van der Waals surface area contributed by atoms with Crippen molar-refractivity contribution < 1.29 is 9.53 Å². The first-order valence-electron chi connectivity index (χ1n) is 6.87. The molecule has 0 atom stereocenters. The lowest BCUT2D eigenvalue weighted by atomic mass is 9.82. The first-order valence-corrected chi connectivity index (χ1v) is 6.87. The molecular formula is C13H26N2O2. The molecule has 100 valence electrons. The van der Waals surface area contributed by atoms with Crippen LogP contribution in [0.2, 0.25) is 0 Å². The Hall–Kier alpha value is -0.770. The molecule has 3 N–H and O–H groups in total. The zero-order valence-corrected chi connectivity index (χ0v) is 10.9. The standard InChI is InChI=1S/C13H26N2O2/c1-2-3-8-17-13(16)15-10-12-6-4-11(9-14)5-7-12/h11-12H,2-10,14H2,1H3,(H,15,16). The molecule has 4 nitrogen and oxygen atoms in total. The van der Waals surface area contributed by atoms with E-state index in [1.165, 1.54) is 25.7 Å². The van der Waals surface area contributed by atoms with Crippen molar-refractivity contribution in [2.45, 2.75) is 45.4 Å². The predicted octanol–water partition coefficient (Wildman–Crippen LogP) is 2.28. The summed E-state index contributed by atoms with van der Waals surface area (Å²) in [6.45, 7) is 4.17. The summed E-state index contributed by atoms with van der Waals surface area (Å²) < 4.78 is 5.05. The van der Waals surface area contributed by atoms with Gasteiger partial charge in [0.05, 0.1) is 6.61 Å². The third-order valence-corrected chi connectivity index (χ3v) is 3.57. The minimum atomic E-state index is -0.264. The molecule has 17 heavy (non-hydrogen) atoms. The summed E-state index contributed by atoms with van der Waals surface area (Å²) in [5.74, 6) is 1.30. The number of hydrogen-bond acceptors (Lipinski definition) is 3. The zero-order chi connectivity index (χ0) is 12.5. The van der Waals surface area contributed by atoms with Crippen molar-refractivity contribution in [1.82, 2.24) is 5.32 Å². The van der Waals surface area contributed by atoms with E-state index in [0.717, 1.165) is 25.9 Å². The second kappa shape index (κ2) is 8.34. The number of rotatable bonds is 6. The van der Waals surface area contributed by atoms with E-state index in [4.69, 9.17) is 10.5 Å². The van der Waals surface area contributed by atoms with Gasteiger partial charge in [-0.2, -0.15) is 0 Å². The molecule has 0 bridgehead atoms. The van der Waals surface area contributed by atoms with Crippen molar-refractivity contribution in [1.29, 1.82) is 0 Å². The summed E-state index contributed by atoms with van der Waals surface area (Å²) >= 11 is 0. The molecule has 4 heteroatoms.